The van der Waals surface area contributed by atoms with Crippen LogP contribution in [0.3, 0.4) is 0 Å². The zero-order valence-corrected chi connectivity index (χ0v) is 18.3. The predicted octanol–water partition coefficient (Wildman–Crippen LogP) is 3.26. The molecule has 1 aliphatic heterocycles. The Morgan fingerprint density at radius 3 is 2.82 bits per heavy atom. The highest BCUT2D eigenvalue weighted by atomic mass is 79.9. The highest BCUT2D eigenvalue weighted by Gasteiger charge is 2.23. The lowest BCUT2D eigenvalue weighted by Gasteiger charge is -2.21. The number of halogens is 2. The minimum atomic E-state index is -0.836. The zero-order valence-electron chi connectivity index (χ0n) is 15.1. The number of amides is 2. The number of anilines is 2. The Morgan fingerprint density at radius 1 is 1.39 bits per heavy atom. The number of ether oxygens (including phenoxy) is 1. The number of benzene rings is 1. The molecule has 3 N–H and O–H groups in total. The Bertz CT molecular complexity index is 857. The molecule has 150 valence electrons. The molecule has 0 radical (unpaired) electrons. The Labute approximate surface area is 180 Å². The fourth-order valence-electron chi connectivity index (χ4n) is 2.78. The van der Waals surface area contributed by atoms with Crippen molar-refractivity contribution in [3.8, 4) is 0 Å². The molecule has 0 saturated carbocycles. The lowest BCUT2D eigenvalue weighted by atomic mass is 10.2. The minimum Gasteiger partial charge on any atom is -0.382 e. The van der Waals surface area contributed by atoms with E-state index < -0.39 is 6.04 Å². The highest BCUT2D eigenvalue weighted by Crippen LogP contribution is 2.29. The smallest absolute Gasteiger partial charge is 0.262 e. The van der Waals surface area contributed by atoms with Gasteiger partial charge in [-0.2, -0.15) is 0 Å². The molecule has 1 aromatic heterocycles. The molecule has 1 fully saturated rings. The molecule has 28 heavy (non-hydrogen) atoms. The molecule has 0 aliphatic carbocycles. The van der Waals surface area contributed by atoms with Crippen molar-refractivity contribution in [2.75, 3.05) is 37.1 Å². The van der Waals surface area contributed by atoms with Gasteiger partial charge in [-0.25, -0.2) is 5.43 Å². The molecule has 3 rings (SSSR count). The monoisotopic (exact) mass is 486 g/mol. The van der Waals surface area contributed by atoms with Crippen molar-refractivity contribution in [3.05, 3.63) is 44.0 Å². The summed E-state index contributed by atoms with van der Waals surface area (Å²) in [5.41, 5.74) is 4.65. The number of methoxy groups -OCH3 is 1. The number of hydrazine groups is 1. The van der Waals surface area contributed by atoms with E-state index in [9.17, 15) is 9.59 Å². The number of rotatable bonds is 7. The summed E-state index contributed by atoms with van der Waals surface area (Å²) in [7, 11) is 1.48. The third-order valence-corrected chi connectivity index (χ3v) is 6.04. The number of thiophene rings is 1. The first-order valence-electron chi connectivity index (χ1n) is 8.64. The maximum absolute atomic E-state index is 12.6. The van der Waals surface area contributed by atoms with E-state index in [4.69, 9.17) is 16.3 Å². The third-order valence-electron chi connectivity index (χ3n) is 4.12. The van der Waals surface area contributed by atoms with Crippen LogP contribution >= 0.6 is 38.9 Å². The maximum atomic E-state index is 12.6. The molecule has 1 aliphatic rings. The summed E-state index contributed by atoms with van der Waals surface area (Å²) >= 11 is 11.0. The van der Waals surface area contributed by atoms with Crippen molar-refractivity contribution in [1.29, 1.82) is 0 Å². The molecule has 0 spiro atoms. The van der Waals surface area contributed by atoms with Crippen LogP contribution in [0.1, 0.15) is 16.1 Å². The Kier molecular flexibility index (Phi) is 7.30. The zero-order chi connectivity index (χ0) is 20.1. The normalized spacial score (nSPS) is 14.8. The second-order valence-corrected chi connectivity index (χ2v) is 9.02. The SMILES string of the molecule is COC[C@@H](NC(=O)c1ccc(Br)s1)C(=O)Nc1ccc(N2CCCN2)c(Cl)c1. The highest BCUT2D eigenvalue weighted by molar-refractivity contribution is 9.11. The first kappa shape index (κ1) is 21.1. The average molecular weight is 488 g/mol. The van der Waals surface area contributed by atoms with Gasteiger partial charge in [0.1, 0.15) is 6.04 Å². The second kappa shape index (κ2) is 9.71. The maximum Gasteiger partial charge on any atom is 0.262 e. The van der Waals surface area contributed by atoms with Crippen molar-refractivity contribution in [2.45, 2.75) is 12.5 Å². The van der Waals surface area contributed by atoms with E-state index in [0.717, 1.165) is 29.0 Å². The summed E-state index contributed by atoms with van der Waals surface area (Å²) in [5, 5.41) is 8.00. The number of nitrogens with one attached hydrogen (secondary N) is 3. The summed E-state index contributed by atoms with van der Waals surface area (Å²) in [4.78, 5) is 25.5. The number of hydrogen-bond acceptors (Lipinski definition) is 6. The Balaban J connectivity index is 1.66. The number of carbonyl (C=O) groups excluding carboxylic acids is 2. The standard InChI is InChI=1S/C18H20BrClN4O3S/c1-27-10-13(23-18(26)15-5-6-16(19)28-15)17(25)22-11-3-4-14(12(20)9-11)24-8-2-7-21-24/h3-6,9,13,21H,2,7-8,10H2,1H3,(H,22,25)(H,23,26)/t13-/m1/s1. The van der Waals surface area contributed by atoms with Gasteiger partial charge in [0.15, 0.2) is 0 Å². The number of hydrogen-bond donors (Lipinski definition) is 3. The van der Waals surface area contributed by atoms with E-state index >= 15 is 0 Å². The van der Waals surface area contributed by atoms with Gasteiger partial charge in [-0.05, 0) is 52.7 Å². The number of carbonyl (C=O) groups is 2. The predicted molar refractivity (Wildman–Crippen MR) is 115 cm³/mol. The van der Waals surface area contributed by atoms with Crippen molar-refractivity contribution in [1.82, 2.24) is 10.7 Å². The summed E-state index contributed by atoms with van der Waals surface area (Å²) in [6.45, 7) is 1.84. The molecule has 1 atom stereocenters. The van der Waals surface area contributed by atoms with Gasteiger partial charge in [-0.1, -0.05) is 11.6 Å². The molecule has 2 amide bonds. The summed E-state index contributed by atoms with van der Waals surface area (Å²) in [5.74, 6) is -0.713. The van der Waals surface area contributed by atoms with Crippen LogP contribution < -0.4 is 21.1 Å². The molecule has 0 unspecified atom stereocenters. The number of nitrogens with zero attached hydrogens (tertiary/aromatic N) is 1. The fraction of sp³-hybridized carbons (Fsp3) is 0.333. The molecule has 1 aromatic carbocycles. The van der Waals surface area contributed by atoms with E-state index in [0.29, 0.717) is 15.6 Å². The van der Waals surface area contributed by atoms with E-state index in [-0.39, 0.29) is 18.4 Å². The van der Waals surface area contributed by atoms with Crippen LogP contribution in [0, 0.1) is 0 Å². The molecule has 1 saturated heterocycles. The second-order valence-electron chi connectivity index (χ2n) is 6.15. The quantitative estimate of drug-likeness (QED) is 0.558. The van der Waals surface area contributed by atoms with Crippen molar-refractivity contribution in [2.24, 2.45) is 0 Å². The van der Waals surface area contributed by atoms with Crippen LogP contribution in [0.2, 0.25) is 5.02 Å². The molecule has 10 heteroatoms. The van der Waals surface area contributed by atoms with Crippen molar-refractivity contribution >= 4 is 62.1 Å². The molecular formula is C18H20BrClN4O3S. The summed E-state index contributed by atoms with van der Waals surface area (Å²) < 4.78 is 5.93. The van der Waals surface area contributed by atoms with Gasteiger partial charge in [0.05, 0.1) is 26.0 Å². The van der Waals surface area contributed by atoms with Crippen LogP contribution in [0.25, 0.3) is 0 Å². The van der Waals surface area contributed by atoms with Crippen LogP contribution in [-0.4, -0.2) is 44.7 Å². The largest absolute Gasteiger partial charge is 0.382 e. The Morgan fingerprint density at radius 2 is 2.21 bits per heavy atom. The van der Waals surface area contributed by atoms with Crippen LogP contribution in [0.5, 0.6) is 0 Å². The van der Waals surface area contributed by atoms with Crippen LogP contribution in [-0.2, 0) is 9.53 Å². The van der Waals surface area contributed by atoms with E-state index in [1.54, 1.807) is 24.3 Å². The average Bonchev–Trinajstić information content (AvgIpc) is 3.33. The topological polar surface area (TPSA) is 82.7 Å². The van der Waals surface area contributed by atoms with Gasteiger partial charge >= 0.3 is 0 Å². The lowest BCUT2D eigenvalue weighted by Crippen LogP contribution is -2.46. The Hall–Kier alpha value is -1.65. The first-order chi connectivity index (χ1) is 13.5. The minimum absolute atomic E-state index is 0.0492. The summed E-state index contributed by atoms with van der Waals surface area (Å²) in [6.07, 6.45) is 1.05. The molecule has 7 nitrogen and oxygen atoms in total. The van der Waals surface area contributed by atoms with Gasteiger partial charge in [0.25, 0.3) is 5.91 Å². The van der Waals surface area contributed by atoms with Crippen LogP contribution in [0.15, 0.2) is 34.1 Å². The third kappa shape index (κ3) is 5.24. The first-order valence-corrected chi connectivity index (χ1v) is 10.6. The van der Waals surface area contributed by atoms with Gasteiger partial charge in [0, 0.05) is 25.9 Å². The van der Waals surface area contributed by atoms with E-state index in [1.807, 2.05) is 11.1 Å². The van der Waals surface area contributed by atoms with E-state index in [2.05, 4.69) is 32.0 Å². The van der Waals surface area contributed by atoms with Gasteiger partial charge in [-0.15, -0.1) is 11.3 Å². The van der Waals surface area contributed by atoms with Crippen molar-refractivity contribution in [3.63, 3.8) is 0 Å². The lowest BCUT2D eigenvalue weighted by molar-refractivity contribution is -0.119. The molecule has 0 bridgehead atoms. The van der Waals surface area contributed by atoms with E-state index in [1.165, 1.54) is 18.4 Å². The van der Waals surface area contributed by atoms with Crippen molar-refractivity contribution < 1.29 is 14.3 Å². The van der Waals surface area contributed by atoms with Gasteiger partial charge < -0.3 is 20.4 Å². The fourth-order valence-corrected chi connectivity index (χ4v) is 4.36. The summed E-state index contributed by atoms with van der Waals surface area (Å²) in [6, 6.07) is 7.96. The van der Waals surface area contributed by atoms with Crippen LogP contribution in [0.4, 0.5) is 11.4 Å². The van der Waals surface area contributed by atoms with Gasteiger partial charge in [0.2, 0.25) is 5.91 Å². The molecule has 2 aromatic rings. The van der Waals surface area contributed by atoms with Gasteiger partial charge in [-0.3, -0.25) is 9.59 Å². The molecule has 2 heterocycles. The molecular weight excluding hydrogens is 468 g/mol.